The Morgan fingerprint density at radius 1 is 1.28 bits per heavy atom. The maximum absolute atomic E-state index is 12.3. The number of aliphatic imine (C=N–C) groups is 1. The summed E-state index contributed by atoms with van der Waals surface area (Å²) in [7, 11) is -3.93. The first kappa shape index (κ1) is 17.0. The van der Waals surface area contributed by atoms with E-state index in [0.717, 1.165) is 5.57 Å². The molecule has 0 bridgehead atoms. The number of nitrogens with zero attached hydrogens (tertiary/aromatic N) is 4. The number of hydrogen-bond donors (Lipinski definition) is 0. The van der Waals surface area contributed by atoms with Crippen molar-refractivity contribution in [2.24, 2.45) is 16.8 Å². The van der Waals surface area contributed by atoms with E-state index >= 15 is 0 Å². The van der Waals surface area contributed by atoms with Crippen LogP contribution in [0.25, 0.3) is 0 Å². The van der Waals surface area contributed by atoms with Crippen LogP contribution < -0.4 is 4.18 Å². The molecule has 0 saturated heterocycles. The molecule has 0 aromatic carbocycles. The van der Waals surface area contributed by atoms with Gasteiger partial charge in [-0.05, 0) is 23.1 Å². The summed E-state index contributed by atoms with van der Waals surface area (Å²) in [5.74, 6) is -0.129. The number of nitriles is 1. The average molecular weight is 356 g/mol. The Balaban J connectivity index is 1.76. The quantitative estimate of drug-likeness (QED) is 0.749. The zero-order valence-corrected chi connectivity index (χ0v) is 14.6. The molecule has 1 atom stereocenters. The van der Waals surface area contributed by atoms with Crippen molar-refractivity contribution in [2.45, 2.75) is 13.8 Å². The number of aromatic nitrogens is 2. The predicted molar refractivity (Wildman–Crippen MR) is 92.2 cm³/mol. The topological polar surface area (TPSA) is 105 Å². The SMILES string of the molecule is CC(C)C1=CC2C=NC(CS(=O)(=O)Oc3ccc(C#N)nn3)=C2C=C1. The summed E-state index contributed by atoms with van der Waals surface area (Å²) in [6, 6.07) is 4.43. The van der Waals surface area contributed by atoms with Crippen LogP contribution in [0.5, 0.6) is 5.88 Å². The van der Waals surface area contributed by atoms with Crippen molar-refractivity contribution in [3.05, 3.63) is 52.9 Å². The summed E-state index contributed by atoms with van der Waals surface area (Å²) >= 11 is 0. The van der Waals surface area contributed by atoms with Gasteiger partial charge in [0.05, 0.1) is 5.70 Å². The summed E-state index contributed by atoms with van der Waals surface area (Å²) < 4.78 is 29.5. The highest BCUT2D eigenvalue weighted by Crippen LogP contribution is 2.32. The number of hydrogen-bond acceptors (Lipinski definition) is 7. The van der Waals surface area contributed by atoms with Crippen LogP contribution in [0.2, 0.25) is 0 Å². The highest BCUT2D eigenvalue weighted by Gasteiger charge is 2.26. The molecule has 1 aromatic heterocycles. The van der Waals surface area contributed by atoms with Crippen molar-refractivity contribution in [1.82, 2.24) is 10.2 Å². The molecule has 2 heterocycles. The van der Waals surface area contributed by atoms with Crippen LogP contribution in [-0.2, 0) is 10.1 Å². The Hall–Kier alpha value is -2.79. The second kappa shape index (κ2) is 6.61. The molecular formula is C17H16N4O3S. The van der Waals surface area contributed by atoms with Gasteiger partial charge in [-0.3, -0.25) is 4.99 Å². The van der Waals surface area contributed by atoms with Crippen molar-refractivity contribution in [2.75, 3.05) is 5.75 Å². The number of fused-ring (bicyclic) bond motifs is 1. The number of rotatable bonds is 5. The fraction of sp³-hybridized carbons (Fsp3) is 0.294. The fourth-order valence-corrected chi connectivity index (χ4v) is 3.55. The molecule has 128 valence electrons. The Morgan fingerprint density at radius 3 is 2.72 bits per heavy atom. The first-order valence-electron chi connectivity index (χ1n) is 7.71. The van der Waals surface area contributed by atoms with Gasteiger partial charge in [0.1, 0.15) is 11.8 Å². The number of allylic oxidation sites excluding steroid dienone is 5. The van der Waals surface area contributed by atoms with Gasteiger partial charge in [-0.1, -0.05) is 32.1 Å². The lowest BCUT2D eigenvalue weighted by atomic mass is 9.88. The molecule has 25 heavy (non-hydrogen) atoms. The molecule has 3 rings (SSSR count). The fourth-order valence-electron chi connectivity index (χ4n) is 2.56. The molecule has 1 unspecified atom stereocenters. The van der Waals surface area contributed by atoms with Crippen molar-refractivity contribution in [1.29, 1.82) is 5.26 Å². The van der Waals surface area contributed by atoms with E-state index in [4.69, 9.17) is 9.44 Å². The summed E-state index contributed by atoms with van der Waals surface area (Å²) in [6.45, 7) is 4.21. The van der Waals surface area contributed by atoms with E-state index in [0.29, 0.717) is 11.6 Å². The standard InChI is InChI=1S/C17H16N4O3S/c1-11(2)12-3-5-15-13(7-12)9-19-16(15)10-25(22,23)24-17-6-4-14(8-18)20-21-17/h3-7,9,11,13H,10H2,1-2H3. The van der Waals surface area contributed by atoms with Crippen LogP contribution in [-0.4, -0.2) is 30.6 Å². The van der Waals surface area contributed by atoms with Gasteiger partial charge in [0.2, 0.25) is 0 Å². The zero-order valence-electron chi connectivity index (χ0n) is 13.7. The lowest BCUT2D eigenvalue weighted by molar-refractivity contribution is 0.473. The van der Waals surface area contributed by atoms with Crippen molar-refractivity contribution >= 4 is 16.3 Å². The lowest BCUT2D eigenvalue weighted by Crippen LogP contribution is -2.16. The molecule has 0 spiro atoms. The van der Waals surface area contributed by atoms with Crippen LogP contribution in [0.1, 0.15) is 19.5 Å². The smallest absolute Gasteiger partial charge is 0.316 e. The van der Waals surface area contributed by atoms with Gasteiger partial charge in [-0.15, -0.1) is 10.2 Å². The first-order valence-corrected chi connectivity index (χ1v) is 9.29. The van der Waals surface area contributed by atoms with Gasteiger partial charge in [0, 0.05) is 18.2 Å². The van der Waals surface area contributed by atoms with E-state index in [-0.39, 0.29) is 23.2 Å². The second-order valence-electron chi connectivity index (χ2n) is 6.01. The molecule has 0 N–H and O–H groups in total. The van der Waals surface area contributed by atoms with Crippen molar-refractivity contribution < 1.29 is 12.6 Å². The molecule has 0 saturated carbocycles. The van der Waals surface area contributed by atoms with Crippen molar-refractivity contribution in [3.63, 3.8) is 0 Å². The van der Waals surface area contributed by atoms with Crippen molar-refractivity contribution in [3.8, 4) is 11.9 Å². The van der Waals surface area contributed by atoms with E-state index in [2.05, 4.69) is 35.1 Å². The van der Waals surface area contributed by atoms with E-state index < -0.39 is 10.1 Å². The Kier molecular flexibility index (Phi) is 4.51. The summed E-state index contributed by atoms with van der Waals surface area (Å²) in [6.07, 6.45) is 7.74. The molecule has 1 aliphatic carbocycles. The zero-order chi connectivity index (χ0) is 18.0. The minimum absolute atomic E-state index is 0.00213. The lowest BCUT2D eigenvalue weighted by Gasteiger charge is -2.16. The molecule has 1 aromatic rings. The third-order valence-corrected chi connectivity index (χ3v) is 4.91. The summed E-state index contributed by atoms with van der Waals surface area (Å²) in [4.78, 5) is 4.25. The highest BCUT2D eigenvalue weighted by atomic mass is 32.2. The predicted octanol–water partition coefficient (Wildman–Crippen LogP) is 2.16. The van der Waals surface area contributed by atoms with Crippen LogP contribution in [0.3, 0.4) is 0 Å². The third kappa shape index (κ3) is 3.83. The van der Waals surface area contributed by atoms with Gasteiger partial charge in [-0.2, -0.15) is 13.7 Å². The maximum atomic E-state index is 12.3. The van der Waals surface area contributed by atoms with Gasteiger partial charge >= 0.3 is 10.1 Å². The Bertz CT molecular complexity index is 949. The summed E-state index contributed by atoms with van der Waals surface area (Å²) in [5, 5.41) is 15.8. The first-order chi connectivity index (χ1) is 11.9. The van der Waals surface area contributed by atoms with E-state index in [1.807, 2.05) is 12.2 Å². The molecule has 8 heteroatoms. The van der Waals surface area contributed by atoms with E-state index in [1.165, 1.54) is 17.7 Å². The largest absolute Gasteiger partial charge is 0.360 e. The highest BCUT2D eigenvalue weighted by molar-refractivity contribution is 7.87. The minimum Gasteiger partial charge on any atom is -0.360 e. The minimum atomic E-state index is -3.93. The molecule has 7 nitrogen and oxygen atoms in total. The van der Waals surface area contributed by atoms with E-state index in [9.17, 15) is 8.42 Å². The molecule has 0 amide bonds. The van der Waals surface area contributed by atoms with Crippen LogP contribution in [0, 0.1) is 23.2 Å². The molecular weight excluding hydrogens is 340 g/mol. The average Bonchev–Trinajstić information content (AvgIpc) is 2.96. The van der Waals surface area contributed by atoms with Crippen LogP contribution >= 0.6 is 0 Å². The van der Waals surface area contributed by atoms with E-state index in [1.54, 1.807) is 12.3 Å². The Labute approximate surface area is 146 Å². The van der Waals surface area contributed by atoms with Gasteiger partial charge in [-0.25, -0.2) is 0 Å². The van der Waals surface area contributed by atoms with Gasteiger partial charge in [0.15, 0.2) is 5.69 Å². The molecule has 0 radical (unpaired) electrons. The maximum Gasteiger partial charge on any atom is 0.316 e. The Morgan fingerprint density at radius 2 is 2.08 bits per heavy atom. The van der Waals surface area contributed by atoms with Crippen LogP contribution in [0.4, 0.5) is 0 Å². The van der Waals surface area contributed by atoms with Gasteiger partial charge < -0.3 is 4.18 Å². The monoisotopic (exact) mass is 356 g/mol. The third-order valence-electron chi connectivity index (χ3n) is 3.86. The molecule has 2 aliphatic rings. The summed E-state index contributed by atoms with van der Waals surface area (Å²) in [5.41, 5.74) is 2.61. The molecule has 0 fully saturated rings. The van der Waals surface area contributed by atoms with Gasteiger partial charge in [0.25, 0.3) is 5.88 Å². The normalized spacial score (nSPS) is 19.0. The molecule has 1 aliphatic heterocycles. The second-order valence-corrected chi connectivity index (χ2v) is 7.59. The van der Waals surface area contributed by atoms with Crippen LogP contribution in [0.15, 0.2) is 52.2 Å².